The van der Waals surface area contributed by atoms with Crippen LogP contribution in [0.5, 0.6) is 0 Å². The molecule has 4 heteroatoms. The van der Waals surface area contributed by atoms with E-state index in [-0.39, 0.29) is 12.1 Å². The number of hydrogen-bond donors (Lipinski definition) is 1. The first kappa shape index (κ1) is 12.5. The van der Waals surface area contributed by atoms with Crippen LogP contribution in [-0.4, -0.2) is 18.1 Å². The molecule has 4 nitrogen and oxygen atoms in total. The van der Waals surface area contributed by atoms with Crippen LogP contribution in [0.3, 0.4) is 0 Å². The normalized spacial score (nSPS) is 13.9. The highest BCUT2D eigenvalue weighted by molar-refractivity contribution is 5.42. The van der Waals surface area contributed by atoms with Crippen LogP contribution in [0.2, 0.25) is 0 Å². The molecule has 0 amide bonds. The molecule has 86 valence electrons. The number of nitrogens with zero attached hydrogens (tertiary/aromatic N) is 3. The van der Waals surface area contributed by atoms with E-state index in [1.165, 1.54) is 0 Å². The monoisotopic (exact) mass is 218 g/mol. The van der Waals surface area contributed by atoms with Gasteiger partial charge in [0.05, 0.1) is 12.5 Å². The van der Waals surface area contributed by atoms with Gasteiger partial charge in [-0.1, -0.05) is 0 Å². The molecule has 0 aliphatic rings. The lowest BCUT2D eigenvalue weighted by Crippen LogP contribution is -2.29. The summed E-state index contributed by atoms with van der Waals surface area (Å²) in [7, 11) is 1.94. The molecule has 1 unspecified atom stereocenters. The van der Waals surface area contributed by atoms with Gasteiger partial charge in [-0.2, -0.15) is 5.26 Å². The highest BCUT2D eigenvalue weighted by atomic mass is 15.2. The van der Waals surface area contributed by atoms with E-state index in [1.54, 1.807) is 6.20 Å². The van der Waals surface area contributed by atoms with Crippen LogP contribution in [0.4, 0.5) is 5.82 Å². The number of nitriles is 1. The molecular weight excluding hydrogens is 200 g/mol. The van der Waals surface area contributed by atoms with Crippen LogP contribution in [-0.2, 0) is 0 Å². The molecule has 2 atom stereocenters. The fraction of sp³-hybridized carbons (Fsp3) is 0.500. The Bertz CT molecular complexity index is 381. The Morgan fingerprint density at radius 2 is 2.25 bits per heavy atom. The van der Waals surface area contributed by atoms with E-state index in [2.05, 4.69) is 11.1 Å². The summed E-state index contributed by atoms with van der Waals surface area (Å²) in [6.07, 6.45) is 2.24. The maximum atomic E-state index is 8.66. The number of hydrogen-bond acceptors (Lipinski definition) is 4. The zero-order valence-corrected chi connectivity index (χ0v) is 10.0. The van der Waals surface area contributed by atoms with Crippen molar-refractivity contribution in [2.75, 3.05) is 11.9 Å². The molecule has 0 aromatic carbocycles. The molecule has 0 saturated carbocycles. The third kappa shape index (κ3) is 2.94. The first-order chi connectivity index (χ1) is 7.56. The Kier molecular flexibility index (Phi) is 4.27. The molecular formula is C12H18N4. The second kappa shape index (κ2) is 5.47. The molecule has 16 heavy (non-hydrogen) atoms. The highest BCUT2D eigenvalue weighted by Crippen LogP contribution is 2.18. The number of anilines is 1. The van der Waals surface area contributed by atoms with E-state index < -0.39 is 0 Å². The van der Waals surface area contributed by atoms with Gasteiger partial charge in [-0.05, 0) is 31.5 Å². The van der Waals surface area contributed by atoms with Crippen LogP contribution in [0.1, 0.15) is 31.9 Å². The van der Waals surface area contributed by atoms with Crippen LogP contribution < -0.4 is 10.6 Å². The summed E-state index contributed by atoms with van der Waals surface area (Å²) in [5, 5.41) is 8.66. The van der Waals surface area contributed by atoms with Crippen molar-refractivity contribution >= 4 is 5.82 Å². The molecule has 0 aliphatic carbocycles. The minimum atomic E-state index is 0.00132. The minimum Gasteiger partial charge on any atom is -0.356 e. The van der Waals surface area contributed by atoms with Crippen molar-refractivity contribution in [2.24, 2.45) is 5.73 Å². The predicted octanol–water partition coefficient (Wildman–Crippen LogP) is 1.84. The summed E-state index contributed by atoms with van der Waals surface area (Å²) in [4.78, 5) is 6.28. The van der Waals surface area contributed by atoms with Gasteiger partial charge in [-0.15, -0.1) is 0 Å². The minimum absolute atomic E-state index is 0.00132. The van der Waals surface area contributed by atoms with Crippen molar-refractivity contribution in [3.05, 3.63) is 23.9 Å². The van der Waals surface area contributed by atoms with Gasteiger partial charge in [-0.25, -0.2) is 4.98 Å². The average molecular weight is 218 g/mol. The second-order valence-electron chi connectivity index (χ2n) is 4.06. The van der Waals surface area contributed by atoms with E-state index in [4.69, 9.17) is 11.0 Å². The van der Waals surface area contributed by atoms with Crippen LogP contribution in [0, 0.1) is 11.3 Å². The Hall–Kier alpha value is -1.60. The van der Waals surface area contributed by atoms with Gasteiger partial charge in [0.2, 0.25) is 0 Å². The number of rotatable bonds is 4. The molecule has 1 rings (SSSR count). The standard InChI is InChI=1S/C12H18N4/c1-9(4-6-13)16(3)12-8-11(10(2)14)5-7-15-12/h5,7-10H,4,14H2,1-3H3/t9?,10-/m0/s1. The fourth-order valence-corrected chi connectivity index (χ4v) is 1.41. The van der Waals surface area contributed by atoms with E-state index >= 15 is 0 Å². The third-order valence-corrected chi connectivity index (χ3v) is 2.70. The molecule has 0 saturated heterocycles. The van der Waals surface area contributed by atoms with Gasteiger partial charge in [0, 0.05) is 25.3 Å². The quantitative estimate of drug-likeness (QED) is 0.837. The van der Waals surface area contributed by atoms with Crippen molar-refractivity contribution in [3.8, 4) is 6.07 Å². The van der Waals surface area contributed by atoms with Gasteiger partial charge in [0.15, 0.2) is 0 Å². The Labute approximate surface area is 96.7 Å². The maximum absolute atomic E-state index is 8.66. The van der Waals surface area contributed by atoms with Crippen LogP contribution in [0.15, 0.2) is 18.3 Å². The van der Waals surface area contributed by atoms with Gasteiger partial charge < -0.3 is 10.6 Å². The summed E-state index contributed by atoms with van der Waals surface area (Å²) in [5.74, 6) is 0.859. The number of aromatic nitrogens is 1. The molecule has 1 heterocycles. The molecule has 0 spiro atoms. The molecule has 1 aromatic rings. The Morgan fingerprint density at radius 1 is 1.56 bits per heavy atom. The lowest BCUT2D eigenvalue weighted by Gasteiger charge is -2.24. The molecule has 0 fully saturated rings. The van der Waals surface area contributed by atoms with Gasteiger partial charge in [-0.3, -0.25) is 0 Å². The predicted molar refractivity (Wildman–Crippen MR) is 64.9 cm³/mol. The SMILES string of the molecule is CC(CC#N)N(C)c1cc([C@H](C)N)ccn1. The summed E-state index contributed by atoms with van der Waals surface area (Å²) in [5.41, 5.74) is 6.88. The summed E-state index contributed by atoms with van der Waals surface area (Å²) >= 11 is 0. The van der Waals surface area contributed by atoms with Gasteiger partial charge in [0.25, 0.3) is 0 Å². The van der Waals surface area contributed by atoms with Crippen LogP contribution in [0.25, 0.3) is 0 Å². The number of nitrogens with two attached hydrogens (primary N) is 1. The second-order valence-corrected chi connectivity index (χ2v) is 4.06. The van der Waals surface area contributed by atoms with E-state index in [9.17, 15) is 0 Å². The van der Waals surface area contributed by atoms with Gasteiger partial charge in [0.1, 0.15) is 5.82 Å². The topological polar surface area (TPSA) is 65.9 Å². The van der Waals surface area contributed by atoms with Crippen molar-refractivity contribution in [1.82, 2.24) is 4.98 Å². The Balaban J connectivity index is 2.87. The molecule has 0 aliphatic heterocycles. The third-order valence-electron chi connectivity index (χ3n) is 2.70. The van der Waals surface area contributed by atoms with Crippen molar-refractivity contribution in [3.63, 3.8) is 0 Å². The Morgan fingerprint density at radius 3 is 2.81 bits per heavy atom. The van der Waals surface area contributed by atoms with Crippen molar-refractivity contribution in [1.29, 1.82) is 5.26 Å². The largest absolute Gasteiger partial charge is 0.356 e. The van der Waals surface area contributed by atoms with E-state index in [0.29, 0.717) is 6.42 Å². The smallest absolute Gasteiger partial charge is 0.128 e. The first-order valence-electron chi connectivity index (χ1n) is 5.37. The number of pyridine rings is 1. The first-order valence-corrected chi connectivity index (χ1v) is 5.37. The average Bonchev–Trinajstić information content (AvgIpc) is 2.28. The summed E-state index contributed by atoms with van der Waals surface area (Å²) in [6, 6.07) is 6.20. The lowest BCUT2D eigenvalue weighted by atomic mass is 10.1. The summed E-state index contributed by atoms with van der Waals surface area (Å²) in [6.45, 7) is 3.95. The summed E-state index contributed by atoms with van der Waals surface area (Å²) < 4.78 is 0. The van der Waals surface area contributed by atoms with E-state index in [1.807, 2.05) is 37.9 Å². The van der Waals surface area contributed by atoms with Crippen molar-refractivity contribution in [2.45, 2.75) is 32.4 Å². The highest BCUT2D eigenvalue weighted by Gasteiger charge is 2.11. The molecule has 0 radical (unpaired) electrons. The van der Waals surface area contributed by atoms with Crippen LogP contribution >= 0.6 is 0 Å². The molecule has 1 aromatic heterocycles. The fourth-order valence-electron chi connectivity index (χ4n) is 1.41. The zero-order valence-electron chi connectivity index (χ0n) is 10.0. The molecule has 2 N–H and O–H groups in total. The van der Waals surface area contributed by atoms with E-state index in [0.717, 1.165) is 11.4 Å². The van der Waals surface area contributed by atoms with Gasteiger partial charge >= 0.3 is 0 Å². The zero-order chi connectivity index (χ0) is 12.1. The molecule has 0 bridgehead atoms. The van der Waals surface area contributed by atoms with Crippen molar-refractivity contribution < 1.29 is 0 Å². The lowest BCUT2D eigenvalue weighted by molar-refractivity contribution is 0.691. The maximum Gasteiger partial charge on any atom is 0.128 e.